The van der Waals surface area contributed by atoms with E-state index < -0.39 is 0 Å². The Hall–Kier alpha value is -1.84. The number of nitrogens with one attached hydrogen (secondary N) is 1. The average Bonchev–Trinajstić information content (AvgIpc) is 2.36. The molecular weight excluding hydrogens is 228 g/mol. The van der Waals surface area contributed by atoms with E-state index in [0.717, 1.165) is 19.4 Å². The molecular formula is C14H20N2O2. The van der Waals surface area contributed by atoms with Crippen LogP contribution >= 0.6 is 0 Å². The monoisotopic (exact) mass is 248 g/mol. The maximum atomic E-state index is 11.8. The van der Waals surface area contributed by atoms with Crippen molar-refractivity contribution >= 4 is 17.5 Å². The topological polar surface area (TPSA) is 49.4 Å². The second kappa shape index (κ2) is 6.79. The first-order valence-electron chi connectivity index (χ1n) is 6.17. The quantitative estimate of drug-likeness (QED) is 0.814. The number of benzene rings is 1. The Morgan fingerprint density at radius 1 is 1.22 bits per heavy atom. The molecule has 0 saturated carbocycles. The number of carbonyl (C=O) groups excluding carboxylic acids is 2. The summed E-state index contributed by atoms with van der Waals surface area (Å²) in [5.74, 6) is 0.0212. The predicted molar refractivity (Wildman–Crippen MR) is 73.0 cm³/mol. The van der Waals surface area contributed by atoms with Crippen LogP contribution in [0.5, 0.6) is 0 Å². The molecule has 0 aliphatic heterocycles. The number of rotatable bonds is 5. The lowest BCUT2D eigenvalue weighted by Gasteiger charge is -2.17. The lowest BCUT2D eigenvalue weighted by Crippen LogP contribution is -2.32. The van der Waals surface area contributed by atoms with Gasteiger partial charge < -0.3 is 10.2 Å². The van der Waals surface area contributed by atoms with Crippen LogP contribution in [-0.2, 0) is 0 Å². The zero-order valence-corrected chi connectivity index (χ0v) is 11.2. The molecule has 1 aromatic carbocycles. The van der Waals surface area contributed by atoms with Gasteiger partial charge in [0.05, 0.1) is 0 Å². The third-order valence-corrected chi connectivity index (χ3v) is 2.74. The number of Topliss-reactive ketones (excluding diaryl/α,β-unsaturated/α-hetero) is 1. The fourth-order valence-corrected chi connectivity index (χ4v) is 1.50. The molecule has 2 amide bonds. The van der Waals surface area contributed by atoms with Gasteiger partial charge in [0.1, 0.15) is 0 Å². The minimum Gasteiger partial charge on any atom is -0.328 e. The number of unbranched alkanes of at least 4 members (excludes halogenated alkanes) is 1. The Labute approximate surface area is 108 Å². The largest absolute Gasteiger partial charge is 0.328 e. The predicted octanol–water partition coefficient (Wildman–Crippen LogP) is 3.15. The zero-order chi connectivity index (χ0) is 13.5. The van der Waals surface area contributed by atoms with Gasteiger partial charge in [0.25, 0.3) is 0 Å². The number of ketones is 1. The van der Waals surface area contributed by atoms with Crippen molar-refractivity contribution in [3.05, 3.63) is 29.8 Å². The van der Waals surface area contributed by atoms with E-state index >= 15 is 0 Å². The molecule has 0 atom stereocenters. The number of hydrogen-bond donors (Lipinski definition) is 1. The minimum atomic E-state index is -0.126. The number of urea groups is 1. The lowest BCUT2D eigenvalue weighted by molar-refractivity contribution is 0.101. The summed E-state index contributed by atoms with van der Waals surface area (Å²) in [5, 5.41) is 2.79. The molecule has 0 heterocycles. The summed E-state index contributed by atoms with van der Waals surface area (Å²) in [6.45, 7) is 4.35. The number of amides is 2. The van der Waals surface area contributed by atoms with Gasteiger partial charge in [-0.25, -0.2) is 4.79 Å². The summed E-state index contributed by atoms with van der Waals surface area (Å²) in [4.78, 5) is 24.5. The van der Waals surface area contributed by atoms with Crippen molar-refractivity contribution in [1.82, 2.24) is 4.90 Å². The third kappa shape index (κ3) is 4.20. The van der Waals surface area contributed by atoms with Gasteiger partial charge in [-0.15, -0.1) is 0 Å². The molecule has 18 heavy (non-hydrogen) atoms. The Balaban J connectivity index is 2.56. The standard InChI is InChI=1S/C14H20N2O2/c1-4-5-10-16(3)14(18)15-13-8-6-12(7-9-13)11(2)17/h6-9H,4-5,10H2,1-3H3,(H,15,18). The zero-order valence-electron chi connectivity index (χ0n) is 11.2. The van der Waals surface area contributed by atoms with Crippen molar-refractivity contribution in [2.24, 2.45) is 0 Å². The van der Waals surface area contributed by atoms with Crippen molar-refractivity contribution in [2.45, 2.75) is 26.7 Å². The van der Waals surface area contributed by atoms with E-state index in [4.69, 9.17) is 0 Å². The van der Waals surface area contributed by atoms with E-state index in [1.54, 1.807) is 36.2 Å². The van der Waals surface area contributed by atoms with E-state index in [1.807, 2.05) is 0 Å². The summed E-state index contributed by atoms with van der Waals surface area (Å²) in [7, 11) is 1.77. The first-order chi connectivity index (χ1) is 8.54. The van der Waals surface area contributed by atoms with Crippen LogP contribution in [0.2, 0.25) is 0 Å². The number of hydrogen-bond acceptors (Lipinski definition) is 2. The van der Waals surface area contributed by atoms with Gasteiger partial charge in [-0.3, -0.25) is 4.79 Å². The Kier molecular flexibility index (Phi) is 5.36. The number of nitrogens with zero attached hydrogens (tertiary/aromatic N) is 1. The molecule has 0 aliphatic rings. The highest BCUT2D eigenvalue weighted by atomic mass is 16.2. The molecule has 1 N–H and O–H groups in total. The van der Waals surface area contributed by atoms with Crippen LogP contribution in [0.1, 0.15) is 37.0 Å². The summed E-state index contributed by atoms with van der Waals surface area (Å²) in [5.41, 5.74) is 1.35. The molecule has 0 fully saturated rings. The molecule has 0 spiro atoms. The summed E-state index contributed by atoms with van der Waals surface area (Å²) in [6.07, 6.45) is 2.05. The van der Waals surface area contributed by atoms with Crippen molar-refractivity contribution in [3.8, 4) is 0 Å². The lowest BCUT2D eigenvalue weighted by atomic mass is 10.1. The molecule has 1 aromatic rings. The highest BCUT2D eigenvalue weighted by molar-refractivity contribution is 5.95. The molecule has 0 aliphatic carbocycles. The first kappa shape index (κ1) is 14.2. The minimum absolute atomic E-state index is 0.0212. The van der Waals surface area contributed by atoms with Crippen molar-refractivity contribution < 1.29 is 9.59 Å². The smallest absolute Gasteiger partial charge is 0.321 e. The second-order valence-corrected chi connectivity index (χ2v) is 4.34. The van der Waals surface area contributed by atoms with E-state index in [9.17, 15) is 9.59 Å². The van der Waals surface area contributed by atoms with Crippen LogP contribution < -0.4 is 5.32 Å². The Morgan fingerprint density at radius 3 is 2.33 bits per heavy atom. The summed E-state index contributed by atoms with van der Waals surface area (Å²) < 4.78 is 0. The average molecular weight is 248 g/mol. The van der Waals surface area contributed by atoms with E-state index in [-0.39, 0.29) is 11.8 Å². The molecule has 1 rings (SSSR count). The number of anilines is 1. The van der Waals surface area contributed by atoms with Crippen LogP contribution in [-0.4, -0.2) is 30.3 Å². The Morgan fingerprint density at radius 2 is 1.83 bits per heavy atom. The van der Waals surface area contributed by atoms with Crippen LogP contribution in [0.15, 0.2) is 24.3 Å². The second-order valence-electron chi connectivity index (χ2n) is 4.34. The van der Waals surface area contributed by atoms with Crippen LogP contribution in [0, 0.1) is 0 Å². The molecule has 0 saturated heterocycles. The van der Waals surface area contributed by atoms with Crippen LogP contribution in [0.3, 0.4) is 0 Å². The van der Waals surface area contributed by atoms with Crippen molar-refractivity contribution in [1.29, 1.82) is 0 Å². The maximum absolute atomic E-state index is 11.8. The van der Waals surface area contributed by atoms with Crippen molar-refractivity contribution in [2.75, 3.05) is 18.9 Å². The van der Waals surface area contributed by atoms with Gasteiger partial charge in [0.15, 0.2) is 5.78 Å². The maximum Gasteiger partial charge on any atom is 0.321 e. The molecule has 0 unspecified atom stereocenters. The SMILES string of the molecule is CCCCN(C)C(=O)Nc1ccc(C(C)=O)cc1. The fourth-order valence-electron chi connectivity index (χ4n) is 1.50. The van der Waals surface area contributed by atoms with Gasteiger partial charge in [0, 0.05) is 24.8 Å². The normalized spacial score (nSPS) is 9.94. The fraction of sp³-hybridized carbons (Fsp3) is 0.429. The first-order valence-corrected chi connectivity index (χ1v) is 6.17. The van der Waals surface area contributed by atoms with E-state index in [0.29, 0.717) is 11.3 Å². The van der Waals surface area contributed by atoms with E-state index in [2.05, 4.69) is 12.2 Å². The van der Waals surface area contributed by atoms with Gasteiger partial charge in [0.2, 0.25) is 0 Å². The molecule has 0 radical (unpaired) electrons. The Bertz CT molecular complexity index is 412. The molecule has 0 aromatic heterocycles. The third-order valence-electron chi connectivity index (χ3n) is 2.74. The molecule has 4 nitrogen and oxygen atoms in total. The summed E-state index contributed by atoms with van der Waals surface area (Å²) in [6, 6.07) is 6.78. The highest BCUT2D eigenvalue weighted by Gasteiger charge is 2.08. The highest BCUT2D eigenvalue weighted by Crippen LogP contribution is 2.10. The summed E-state index contributed by atoms with van der Waals surface area (Å²) >= 11 is 0. The van der Waals surface area contributed by atoms with Gasteiger partial charge in [-0.05, 0) is 37.6 Å². The molecule has 0 bridgehead atoms. The molecule has 4 heteroatoms. The molecule has 98 valence electrons. The van der Waals surface area contributed by atoms with Crippen molar-refractivity contribution in [3.63, 3.8) is 0 Å². The van der Waals surface area contributed by atoms with Gasteiger partial charge in [-0.1, -0.05) is 13.3 Å². The van der Waals surface area contributed by atoms with Crippen LogP contribution in [0.25, 0.3) is 0 Å². The van der Waals surface area contributed by atoms with E-state index in [1.165, 1.54) is 6.92 Å². The number of carbonyl (C=O) groups is 2. The van der Waals surface area contributed by atoms with Gasteiger partial charge in [-0.2, -0.15) is 0 Å². The van der Waals surface area contributed by atoms with Gasteiger partial charge >= 0.3 is 6.03 Å². The van der Waals surface area contributed by atoms with Crippen LogP contribution in [0.4, 0.5) is 10.5 Å².